The second-order valence-electron chi connectivity index (χ2n) is 17.9. The number of fused-ring (bicyclic) bond motifs is 6. The third kappa shape index (κ3) is 8.87. The van der Waals surface area contributed by atoms with Gasteiger partial charge in [-0.05, 0) is 81.8 Å². The number of hydrogen-bond donors (Lipinski definition) is 2. The largest absolute Gasteiger partial charge is 0.465 e. The van der Waals surface area contributed by atoms with E-state index in [9.17, 15) is 19.2 Å². The SMILES string of the molecule is CCn1c(-c2cccnc2C(C)OC)c2c3cc(ccc31)-c1csc(n1)CC(NC(=O)C(C(C)C)N(C)C(=O)C1CCNC1)C(=O)N1CCCC(C1)C(=O)OCC(C)(C)C2. The first-order chi connectivity index (χ1) is 28.7. The molecule has 5 atom stereocenters. The molecule has 3 aliphatic rings. The zero-order valence-electron chi connectivity index (χ0n) is 36.4. The fourth-order valence-electron chi connectivity index (χ4n) is 9.34. The van der Waals surface area contributed by atoms with Crippen LogP contribution in [-0.2, 0) is 48.0 Å². The highest BCUT2D eigenvalue weighted by molar-refractivity contribution is 7.10. The van der Waals surface area contributed by atoms with Crippen molar-refractivity contribution in [3.05, 3.63) is 58.2 Å². The molecule has 0 spiro atoms. The molecule has 2 N–H and O–H groups in total. The van der Waals surface area contributed by atoms with Gasteiger partial charge in [0.15, 0.2) is 0 Å². The molecule has 5 unspecified atom stereocenters. The normalized spacial score (nSPS) is 22.0. The Kier molecular flexibility index (Phi) is 13.1. The Balaban J connectivity index is 1.30. The molecule has 1 aromatic carbocycles. The van der Waals surface area contributed by atoms with E-state index in [0.717, 1.165) is 64.2 Å². The summed E-state index contributed by atoms with van der Waals surface area (Å²) in [5, 5.41) is 10.1. The number of benzene rings is 1. The van der Waals surface area contributed by atoms with Crippen molar-refractivity contribution in [1.82, 2.24) is 35.0 Å². The van der Waals surface area contributed by atoms with E-state index in [1.807, 2.05) is 32.2 Å². The second-order valence-corrected chi connectivity index (χ2v) is 18.9. The molecule has 322 valence electrons. The predicted molar refractivity (Wildman–Crippen MR) is 233 cm³/mol. The number of piperidine rings is 1. The molecular weight excluding hydrogens is 779 g/mol. The average molecular weight is 840 g/mol. The lowest BCUT2D eigenvalue weighted by Crippen LogP contribution is -2.58. The van der Waals surface area contributed by atoms with Gasteiger partial charge in [0.05, 0.1) is 46.6 Å². The van der Waals surface area contributed by atoms with Crippen LogP contribution in [0.2, 0.25) is 0 Å². The Morgan fingerprint density at radius 3 is 2.68 bits per heavy atom. The minimum atomic E-state index is -0.958. The first-order valence-corrected chi connectivity index (χ1v) is 22.4. The minimum absolute atomic E-state index is 0.0815. The van der Waals surface area contributed by atoms with Gasteiger partial charge < -0.3 is 34.5 Å². The fraction of sp³-hybridized carbons (Fsp3) is 0.565. The number of aryl methyl sites for hydroxylation is 1. The molecule has 4 aromatic rings. The number of ether oxygens (including phenoxy) is 2. The number of carbonyl (C=O) groups excluding carboxylic acids is 4. The third-order valence-electron chi connectivity index (χ3n) is 12.6. The van der Waals surface area contributed by atoms with E-state index in [1.54, 1.807) is 30.2 Å². The molecule has 6 bridgehead atoms. The van der Waals surface area contributed by atoms with Crippen molar-refractivity contribution in [2.24, 2.45) is 23.2 Å². The summed E-state index contributed by atoms with van der Waals surface area (Å²) in [7, 11) is 3.38. The van der Waals surface area contributed by atoms with Crippen LogP contribution in [0, 0.1) is 23.2 Å². The van der Waals surface area contributed by atoms with Gasteiger partial charge in [-0.3, -0.25) is 24.2 Å². The number of thiazole rings is 1. The van der Waals surface area contributed by atoms with E-state index in [4.69, 9.17) is 19.4 Å². The number of pyridine rings is 1. The third-order valence-corrected chi connectivity index (χ3v) is 13.4. The van der Waals surface area contributed by atoms with Crippen LogP contribution < -0.4 is 10.6 Å². The van der Waals surface area contributed by atoms with Crippen molar-refractivity contribution >= 4 is 45.9 Å². The number of rotatable bonds is 9. The van der Waals surface area contributed by atoms with Gasteiger partial charge in [0, 0.05) is 85.8 Å². The summed E-state index contributed by atoms with van der Waals surface area (Å²) in [5.74, 6) is -1.96. The lowest BCUT2D eigenvalue weighted by Gasteiger charge is -2.36. The van der Waals surface area contributed by atoms with E-state index in [-0.39, 0.29) is 61.2 Å². The molecule has 6 heterocycles. The minimum Gasteiger partial charge on any atom is -0.465 e. The van der Waals surface area contributed by atoms with Gasteiger partial charge in [0.2, 0.25) is 17.7 Å². The molecule has 2 fully saturated rings. The first kappa shape index (κ1) is 43.4. The quantitative estimate of drug-likeness (QED) is 0.193. The molecule has 60 heavy (non-hydrogen) atoms. The van der Waals surface area contributed by atoms with Gasteiger partial charge in [0.25, 0.3) is 0 Å². The smallest absolute Gasteiger partial charge is 0.310 e. The van der Waals surface area contributed by atoms with Gasteiger partial charge >= 0.3 is 5.97 Å². The molecule has 14 heteroatoms. The Bertz CT molecular complexity index is 2220. The van der Waals surface area contributed by atoms with Gasteiger partial charge in [0.1, 0.15) is 12.1 Å². The van der Waals surface area contributed by atoms with Crippen LogP contribution >= 0.6 is 11.3 Å². The zero-order valence-corrected chi connectivity index (χ0v) is 37.2. The monoisotopic (exact) mass is 839 g/mol. The molecule has 0 aliphatic carbocycles. The number of hydrogen-bond acceptors (Lipinski definition) is 10. The Morgan fingerprint density at radius 1 is 1.17 bits per heavy atom. The van der Waals surface area contributed by atoms with Crippen molar-refractivity contribution in [1.29, 1.82) is 0 Å². The first-order valence-electron chi connectivity index (χ1n) is 21.5. The van der Waals surface area contributed by atoms with Crippen LogP contribution in [-0.4, -0.2) is 107 Å². The number of esters is 1. The van der Waals surface area contributed by atoms with Crippen molar-refractivity contribution in [3.8, 4) is 22.5 Å². The van der Waals surface area contributed by atoms with E-state index >= 15 is 0 Å². The van der Waals surface area contributed by atoms with Crippen LogP contribution in [0.5, 0.6) is 0 Å². The Hall–Kier alpha value is -4.66. The molecular formula is C46H61N7O6S. The Morgan fingerprint density at radius 2 is 1.97 bits per heavy atom. The van der Waals surface area contributed by atoms with Crippen molar-refractivity contribution in [2.75, 3.05) is 46.9 Å². The molecule has 7 rings (SSSR count). The molecule has 3 aromatic heterocycles. The summed E-state index contributed by atoms with van der Waals surface area (Å²) in [5.41, 5.74) is 6.38. The van der Waals surface area contributed by atoms with Crippen LogP contribution in [0.3, 0.4) is 0 Å². The summed E-state index contributed by atoms with van der Waals surface area (Å²) in [6, 6.07) is 8.77. The maximum absolute atomic E-state index is 14.6. The highest BCUT2D eigenvalue weighted by Crippen LogP contribution is 2.42. The van der Waals surface area contributed by atoms with E-state index in [0.29, 0.717) is 37.4 Å². The predicted octanol–water partition coefficient (Wildman–Crippen LogP) is 6.04. The van der Waals surface area contributed by atoms with Crippen LogP contribution in [0.15, 0.2) is 41.9 Å². The fourth-order valence-corrected chi connectivity index (χ4v) is 10.2. The Labute approximate surface area is 357 Å². The summed E-state index contributed by atoms with van der Waals surface area (Å²) in [6.45, 7) is 15.1. The number of likely N-dealkylation sites (N-methyl/N-ethyl adjacent to an activating group) is 1. The van der Waals surface area contributed by atoms with Crippen LogP contribution in [0.1, 0.15) is 83.2 Å². The molecule has 0 saturated carbocycles. The second kappa shape index (κ2) is 18.1. The highest BCUT2D eigenvalue weighted by atomic mass is 32.1. The molecule has 3 amide bonds. The van der Waals surface area contributed by atoms with Gasteiger partial charge in [-0.1, -0.05) is 33.8 Å². The summed E-state index contributed by atoms with van der Waals surface area (Å²) >= 11 is 1.45. The van der Waals surface area contributed by atoms with Crippen LogP contribution in [0.4, 0.5) is 0 Å². The van der Waals surface area contributed by atoms with Gasteiger partial charge in [-0.25, -0.2) is 4.98 Å². The summed E-state index contributed by atoms with van der Waals surface area (Å²) in [4.78, 5) is 69.4. The van der Waals surface area contributed by atoms with Crippen molar-refractivity contribution in [3.63, 3.8) is 0 Å². The van der Waals surface area contributed by atoms with E-state index < -0.39 is 23.4 Å². The average Bonchev–Trinajstić information content (AvgIpc) is 4.01. The lowest BCUT2D eigenvalue weighted by atomic mass is 9.84. The molecule has 3 aliphatic heterocycles. The van der Waals surface area contributed by atoms with Crippen LogP contribution in [0.25, 0.3) is 33.4 Å². The van der Waals surface area contributed by atoms with Gasteiger partial charge in [-0.15, -0.1) is 11.3 Å². The van der Waals surface area contributed by atoms with E-state index in [2.05, 4.69) is 60.2 Å². The molecule has 2 saturated heterocycles. The summed E-state index contributed by atoms with van der Waals surface area (Å²) < 4.78 is 14.3. The van der Waals surface area contributed by atoms with Crippen molar-refractivity contribution < 1.29 is 28.7 Å². The number of methoxy groups -OCH3 is 1. The standard InChI is InChI=1S/C46H61N7O6S/c1-9-53-37-15-14-29-20-33(37)34(41(53)32-13-10-17-48-39(32)28(4)58-8)22-46(5,6)26-59-45(57)31-12-11-19-52(24-31)44(56)35(21-38-49-36(29)25-60-38)50-42(54)40(27(2)3)51(7)43(55)30-16-18-47-23-30/h10,13-15,17,20,25,27-28,30-31,35,40,47H,9,11-12,16,18-19,21-24,26H2,1-8H3,(H,50,54). The number of amides is 3. The molecule has 0 radical (unpaired) electrons. The topological polar surface area (TPSA) is 148 Å². The number of aromatic nitrogens is 3. The molecule has 13 nitrogen and oxygen atoms in total. The zero-order chi connectivity index (χ0) is 42.9. The number of cyclic esters (lactones) is 1. The summed E-state index contributed by atoms with van der Waals surface area (Å²) in [6.07, 6.45) is 4.30. The number of nitrogens with one attached hydrogen (secondary N) is 2. The maximum Gasteiger partial charge on any atom is 0.310 e. The number of carbonyl (C=O) groups is 4. The van der Waals surface area contributed by atoms with Crippen molar-refractivity contribution in [2.45, 2.75) is 98.4 Å². The number of nitrogens with zero attached hydrogens (tertiary/aromatic N) is 5. The van der Waals surface area contributed by atoms with Gasteiger partial charge in [-0.2, -0.15) is 0 Å². The highest BCUT2D eigenvalue weighted by Gasteiger charge is 2.39. The lowest BCUT2D eigenvalue weighted by molar-refractivity contribution is -0.155. The maximum atomic E-state index is 14.6. The van der Waals surface area contributed by atoms with E-state index in [1.165, 1.54) is 11.3 Å².